The Bertz CT molecular complexity index is 544. The number of rotatable bonds is 2. The van der Waals surface area contributed by atoms with Gasteiger partial charge in [-0.2, -0.15) is 11.8 Å². The first-order valence-electron chi connectivity index (χ1n) is 7.39. The lowest BCUT2D eigenvalue weighted by molar-refractivity contribution is -0.136. The largest absolute Gasteiger partial charge is 0.344 e. The number of carbonyl (C=O) groups is 2. The van der Waals surface area contributed by atoms with E-state index in [0.29, 0.717) is 12.8 Å². The highest BCUT2D eigenvalue weighted by Crippen LogP contribution is 2.31. The summed E-state index contributed by atoms with van der Waals surface area (Å²) in [5.74, 6) is 1.96. The molecule has 4 nitrogen and oxygen atoms in total. The zero-order chi connectivity index (χ0) is 14.8. The van der Waals surface area contributed by atoms with E-state index in [2.05, 4.69) is 36.5 Å². The van der Waals surface area contributed by atoms with Crippen LogP contribution in [0.2, 0.25) is 0 Å². The lowest BCUT2D eigenvalue weighted by Gasteiger charge is -2.37. The van der Waals surface area contributed by atoms with Gasteiger partial charge in [0.2, 0.25) is 11.8 Å². The molecule has 2 fully saturated rings. The highest BCUT2D eigenvalue weighted by molar-refractivity contribution is 7.99. The number of thioether (sulfide) groups is 1. The molecule has 2 aliphatic rings. The Morgan fingerprint density at radius 3 is 2.76 bits per heavy atom. The predicted molar refractivity (Wildman–Crippen MR) is 84.1 cm³/mol. The van der Waals surface area contributed by atoms with Crippen LogP contribution in [-0.2, 0) is 9.59 Å². The fourth-order valence-corrected chi connectivity index (χ4v) is 4.02. The molecule has 0 unspecified atom stereocenters. The number of nitrogens with one attached hydrogen (secondary N) is 1. The number of amides is 2. The standard InChI is InChI=1S/C16H20N2O2S/c1-11-2-4-12(5-3-11)14-10-21-9-8-18(14)16(20)13-6-7-15(19)17-13/h2-5,13-14H,6-10H2,1H3,(H,17,19)/t13-,14+/m0/s1. The second kappa shape index (κ2) is 6.10. The van der Waals surface area contributed by atoms with E-state index in [-0.39, 0.29) is 23.9 Å². The Morgan fingerprint density at radius 2 is 2.10 bits per heavy atom. The maximum absolute atomic E-state index is 12.7. The molecular formula is C16H20N2O2S. The Hall–Kier alpha value is -1.49. The topological polar surface area (TPSA) is 49.4 Å². The zero-order valence-corrected chi connectivity index (χ0v) is 13.0. The second-order valence-electron chi connectivity index (χ2n) is 5.69. The number of aryl methyl sites for hydroxylation is 1. The van der Waals surface area contributed by atoms with Crippen LogP contribution in [0.1, 0.15) is 30.0 Å². The van der Waals surface area contributed by atoms with Crippen LogP contribution in [0.25, 0.3) is 0 Å². The smallest absolute Gasteiger partial charge is 0.245 e. The molecule has 1 aromatic carbocycles. The summed E-state index contributed by atoms with van der Waals surface area (Å²) in [6, 6.07) is 8.20. The van der Waals surface area contributed by atoms with Gasteiger partial charge in [-0.1, -0.05) is 29.8 Å². The molecule has 3 rings (SSSR count). The molecule has 0 aliphatic carbocycles. The van der Waals surface area contributed by atoms with Crippen LogP contribution in [0.4, 0.5) is 0 Å². The van der Waals surface area contributed by atoms with Gasteiger partial charge < -0.3 is 10.2 Å². The van der Waals surface area contributed by atoms with Crippen molar-refractivity contribution in [3.63, 3.8) is 0 Å². The minimum absolute atomic E-state index is 0.00776. The third-order valence-corrected chi connectivity index (χ3v) is 5.19. The van der Waals surface area contributed by atoms with Gasteiger partial charge in [0.15, 0.2) is 0 Å². The molecule has 2 amide bonds. The third-order valence-electron chi connectivity index (χ3n) is 4.17. The van der Waals surface area contributed by atoms with E-state index < -0.39 is 0 Å². The molecular weight excluding hydrogens is 284 g/mol. The highest BCUT2D eigenvalue weighted by atomic mass is 32.2. The molecule has 0 radical (unpaired) electrons. The van der Waals surface area contributed by atoms with E-state index in [4.69, 9.17) is 0 Å². The molecule has 21 heavy (non-hydrogen) atoms. The van der Waals surface area contributed by atoms with E-state index in [1.807, 2.05) is 16.7 Å². The van der Waals surface area contributed by atoms with Crippen LogP contribution >= 0.6 is 11.8 Å². The molecule has 1 aromatic rings. The van der Waals surface area contributed by atoms with Crippen molar-refractivity contribution in [3.05, 3.63) is 35.4 Å². The summed E-state index contributed by atoms with van der Waals surface area (Å²) in [6.07, 6.45) is 1.09. The number of nitrogens with zero attached hydrogens (tertiary/aromatic N) is 1. The van der Waals surface area contributed by atoms with Crippen molar-refractivity contribution >= 4 is 23.6 Å². The van der Waals surface area contributed by atoms with Gasteiger partial charge in [-0.15, -0.1) is 0 Å². The summed E-state index contributed by atoms with van der Waals surface area (Å²) in [5, 5.41) is 2.80. The van der Waals surface area contributed by atoms with Crippen LogP contribution < -0.4 is 5.32 Å². The zero-order valence-electron chi connectivity index (χ0n) is 12.2. The van der Waals surface area contributed by atoms with Crippen LogP contribution in [-0.4, -0.2) is 40.8 Å². The van der Waals surface area contributed by atoms with E-state index in [0.717, 1.165) is 18.1 Å². The van der Waals surface area contributed by atoms with Gasteiger partial charge >= 0.3 is 0 Å². The van der Waals surface area contributed by atoms with Crippen molar-refractivity contribution in [1.82, 2.24) is 10.2 Å². The van der Waals surface area contributed by atoms with Gasteiger partial charge in [-0.3, -0.25) is 9.59 Å². The van der Waals surface area contributed by atoms with Gasteiger partial charge in [0.05, 0.1) is 6.04 Å². The number of hydrogen-bond donors (Lipinski definition) is 1. The molecule has 0 saturated carbocycles. The van der Waals surface area contributed by atoms with Crippen LogP contribution in [0.3, 0.4) is 0 Å². The first-order valence-corrected chi connectivity index (χ1v) is 8.55. The van der Waals surface area contributed by atoms with Gasteiger partial charge in [-0.25, -0.2) is 0 Å². The summed E-state index contributed by atoms with van der Waals surface area (Å²) in [7, 11) is 0. The molecule has 0 spiro atoms. The van der Waals surface area contributed by atoms with E-state index in [1.165, 1.54) is 11.1 Å². The van der Waals surface area contributed by atoms with Crippen molar-refractivity contribution in [3.8, 4) is 0 Å². The summed E-state index contributed by atoms with van der Waals surface area (Å²) in [5.41, 5.74) is 2.41. The molecule has 0 aromatic heterocycles. The first kappa shape index (κ1) is 14.4. The van der Waals surface area contributed by atoms with Gasteiger partial charge in [-0.05, 0) is 18.9 Å². The van der Waals surface area contributed by atoms with Gasteiger partial charge in [0, 0.05) is 24.5 Å². The molecule has 1 N–H and O–H groups in total. The quantitative estimate of drug-likeness (QED) is 0.908. The minimum atomic E-state index is -0.325. The maximum atomic E-state index is 12.7. The van der Waals surface area contributed by atoms with Crippen molar-refractivity contribution in [2.75, 3.05) is 18.1 Å². The summed E-state index contributed by atoms with van der Waals surface area (Å²) < 4.78 is 0. The molecule has 5 heteroatoms. The van der Waals surface area contributed by atoms with E-state index in [1.54, 1.807) is 0 Å². The summed E-state index contributed by atoms with van der Waals surface area (Å²) in [4.78, 5) is 26.0. The van der Waals surface area contributed by atoms with E-state index >= 15 is 0 Å². The Morgan fingerprint density at radius 1 is 1.33 bits per heavy atom. The highest BCUT2D eigenvalue weighted by Gasteiger charge is 2.35. The molecule has 2 heterocycles. The molecule has 2 saturated heterocycles. The van der Waals surface area contributed by atoms with Crippen LogP contribution in [0, 0.1) is 6.92 Å². The van der Waals surface area contributed by atoms with Crippen LogP contribution in [0.5, 0.6) is 0 Å². The predicted octanol–water partition coefficient (Wildman–Crippen LogP) is 1.89. The van der Waals surface area contributed by atoms with Gasteiger partial charge in [0.25, 0.3) is 0 Å². The Kier molecular flexibility index (Phi) is 4.19. The fraction of sp³-hybridized carbons (Fsp3) is 0.500. The summed E-state index contributed by atoms with van der Waals surface area (Å²) >= 11 is 1.89. The SMILES string of the molecule is Cc1ccc([C@H]2CSCCN2C(=O)[C@@H]2CCC(=O)N2)cc1. The van der Waals surface area contributed by atoms with Crippen molar-refractivity contribution < 1.29 is 9.59 Å². The first-order chi connectivity index (χ1) is 10.1. The van der Waals surface area contributed by atoms with Crippen LogP contribution in [0.15, 0.2) is 24.3 Å². The monoisotopic (exact) mass is 304 g/mol. The normalized spacial score (nSPS) is 25.8. The van der Waals surface area contributed by atoms with E-state index in [9.17, 15) is 9.59 Å². The molecule has 112 valence electrons. The fourth-order valence-electron chi connectivity index (χ4n) is 2.93. The summed E-state index contributed by atoms with van der Waals surface area (Å²) in [6.45, 7) is 2.82. The minimum Gasteiger partial charge on any atom is -0.344 e. The van der Waals surface area contributed by atoms with Crippen molar-refractivity contribution in [1.29, 1.82) is 0 Å². The number of benzene rings is 1. The Balaban J connectivity index is 1.79. The molecule has 2 aliphatic heterocycles. The lowest BCUT2D eigenvalue weighted by atomic mass is 10.0. The number of carbonyl (C=O) groups excluding carboxylic acids is 2. The average molecular weight is 304 g/mol. The average Bonchev–Trinajstić information content (AvgIpc) is 2.94. The van der Waals surface area contributed by atoms with Crippen molar-refractivity contribution in [2.45, 2.75) is 31.8 Å². The molecule has 0 bridgehead atoms. The Labute approximate surface area is 129 Å². The molecule has 2 atom stereocenters. The lowest BCUT2D eigenvalue weighted by Crippen LogP contribution is -2.49. The third kappa shape index (κ3) is 3.07. The van der Waals surface area contributed by atoms with Gasteiger partial charge in [0.1, 0.15) is 6.04 Å². The number of hydrogen-bond acceptors (Lipinski definition) is 3. The maximum Gasteiger partial charge on any atom is 0.245 e. The van der Waals surface area contributed by atoms with Crippen molar-refractivity contribution in [2.24, 2.45) is 0 Å². The second-order valence-corrected chi connectivity index (χ2v) is 6.84.